The van der Waals surface area contributed by atoms with E-state index >= 15 is 0 Å². The zero-order valence-corrected chi connectivity index (χ0v) is 12.2. The molecule has 0 fully saturated rings. The molecule has 20 heavy (non-hydrogen) atoms. The number of hydrogen-bond donors (Lipinski definition) is 1. The Kier molecular flexibility index (Phi) is 6.84. The van der Waals surface area contributed by atoms with E-state index in [2.05, 4.69) is 18.1 Å². The van der Waals surface area contributed by atoms with Crippen molar-refractivity contribution in [2.45, 2.75) is 6.10 Å². The summed E-state index contributed by atoms with van der Waals surface area (Å²) in [7, 11) is 3.17. The maximum absolute atomic E-state index is 10.3. The average Bonchev–Trinajstić information content (AvgIpc) is 2.46. The molecule has 0 aliphatic rings. The van der Waals surface area contributed by atoms with Gasteiger partial charge in [0.1, 0.15) is 0 Å². The summed E-state index contributed by atoms with van der Waals surface area (Å²) in [5, 5.41) is 10.3. The van der Waals surface area contributed by atoms with Gasteiger partial charge in [-0.1, -0.05) is 18.2 Å². The van der Waals surface area contributed by atoms with E-state index in [9.17, 15) is 5.11 Å². The van der Waals surface area contributed by atoms with Crippen molar-refractivity contribution in [3.63, 3.8) is 0 Å². The van der Waals surface area contributed by atoms with Gasteiger partial charge in [0.05, 0.1) is 20.3 Å². The maximum Gasteiger partial charge on any atom is 0.161 e. The van der Waals surface area contributed by atoms with Gasteiger partial charge in [-0.15, -0.1) is 13.2 Å². The van der Waals surface area contributed by atoms with Crippen LogP contribution in [0.25, 0.3) is 0 Å². The van der Waals surface area contributed by atoms with Gasteiger partial charge in [0.25, 0.3) is 0 Å². The quantitative estimate of drug-likeness (QED) is 0.704. The molecule has 1 aromatic rings. The number of aliphatic hydroxyl groups excluding tert-OH is 1. The molecule has 0 heterocycles. The van der Waals surface area contributed by atoms with Gasteiger partial charge in [0.2, 0.25) is 0 Å². The monoisotopic (exact) mass is 277 g/mol. The van der Waals surface area contributed by atoms with Crippen LogP contribution in [0.2, 0.25) is 0 Å². The van der Waals surface area contributed by atoms with Gasteiger partial charge in [0, 0.05) is 19.6 Å². The Balaban J connectivity index is 2.82. The highest BCUT2D eigenvalue weighted by atomic mass is 16.5. The molecule has 0 spiro atoms. The lowest BCUT2D eigenvalue weighted by Gasteiger charge is -2.23. The Labute approximate surface area is 120 Å². The summed E-state index contributed by atoms with van der Waals surface area (Å²) in [6, 6.07) is 5.43. The van der Waals surface area contributed by atoms with Crippen LogP contribution < -0.4 is 9.47 Å². The predicted molar refractivity (Wildman–Crippen MR) is 81.3 cm³/mol. The van der Waals surface area contributed by atoms with Gasteiger partial charge in [-0.2, -0.15) is 0 Å². The summed E-state index contributed by atoms with van der Waals surface area (Å²) >= 11 is 0. The molecule has 110 valence electrons. The fraction of sp³-hybridized carbons (Fsp3) is 0.375. The molecule has 1 unspecified atom stereocenters. The summed E-state index contributed by atoms with van der Waals surface area (Å²) in [5.74, 6) is 1.26. The maximum atomic E-state index is 10.3. The fourth-order valence-electron chi connectivity index (χ4n) is 2.00. The van der Waals surface area contributed by atoms with Gasteiger partial charge in [-0.3, -0.25) is 4.90 Å². The van der Waals surface area contributed by atoms with E-state index in [1.54, 1.807) is 26.4 Å². The molecule has 0 bridgehead atoms. The van der Waals surface area contributed by atoms with Crippen molar-refractivity contribution >= 4 is 0 Å². The van der Waals surface area contributed by atoms with E-state index in [0.29, 0.717) is 31.1 Å². The highest BCUT2D eigenvalue weighted by Gasteiger charge is 2.14. The normalized spacial score (nSPS) is 12.0. The zero-order chi connectivity index (χ0) is 15.0. The molecule has 0 radical (unpaired) electrons. The minimum absolute atomic E-state index is 0.507. The first-order valence-electron chi connectivity index (χ1n) is 6.50. The summed E-state index contributed by atoms with van der Waals surface area (Å²) < 4.78 is 10.4. The molecule has 4 nitrogen and oxygen atoms in total. The molecule has 0 aliphatic carbocycles. The van der Waals surface area contributed by atoms with Gasteiger partial charge in [0.15, 0.2) is 11.5 Å². The van der Waals surface area contributed by atoms with Gasteiger partial charge in [-0.25, -0.2) is 0 Å². The Bertz CT molecular complexity index is 435. The van der Waals surface area contributed by atoms with E-state index in [-0.39, 0.29) is 0 Å². The molecule has 0 amide bonds. The van der Waals surface area contributed by atoms with Crippen molar-refractivity contribution in [3.05, 3.63) is 49.1 Å². The molecular formula is C16H23NO3. The first-order valence-corrected chi connectivity index (χ1v) is 6.50. The van der Waals surface area contributed by atoms with Gasteiger partial charge in [-0.05, 0) is 17.7 Å². The Morgan fingerprint density at radius 2 is 1.75 bits per heavy atom. The van der Waals surface area contributed by atoms with Crippen LogP contribution in [-0.2, 0) is 0 Å². The SMILES string of the molecule is C=CCN(CC=C)CC(O)c1ccc(OC)c(OC)c1. The van der Waals surface area contributed by atoms with Crippen LogP contribution in [0.3, 0.4) is 0 Å². The second kappa shape index (κ2) is 8.40. The topological polar surface area (TPSA) is 41.9 Å². The number of benzene rings is 1. The van der Waals surface area contributed by atoms with Crippen LogP contribution in [-0.4, -0.2) is 43.9 Å². The third-order valence-corrected chi connectivity index (χ3v) is 3.00. The minimum atomic E-state index is -0.602. The molecule has 0 saturated carbocycles. The van der Waals surface area contributed by atoms with Crippen LogP contribution in [0.15, 0.2) is 43.5 Å². The second-order valence-electron chi connectivity index (χ2n) is 4.43. The first kappa shape index (κ1) is 16.3. The van der Waals surface area contributed by atoms with Crippen molar-refractivity contribution in [1.29, 1.82) is 0 Å². The van der Waals surface area contributed by atoms with Gasteiger partial charge < -0.3 is 14.6 Å². The molecule has 1 rings (SSSR count). The molecule has 1 N–H and O–H groups in total. The molecular weight excluding hydrogens is 254 g/mol. The Morgan fingerprint density at radius 3 is 2.25 bits per heavy atom. The smallest absolute Gasteiger partial charge is 0.161 e. The van der Waals surface area contributed by atoms with Crippen LogP contribution in [0, 0.1) is 0 Å². The van der Waals surface area contributed by atoms with E-state index in [0.717, 1.165) is 5.56 Å². The van der Waals surface area contributed by atoms with Gasteiger partial charge >= 0.3 is 0 Å². The van der Waals surface area contributed by atoms with Crippen molar-refractivity contribution in [2.75, 3.05) is 33.9 Å². The Morgan fingerprint density at radius 1 is 1.15 bits per heavy atom. The number of nitrogens with zero attached hydrogens (tertiary/aromatic N) is 1. The van der Waals surface area contributed by atoms with Crippen LogP contribution in [0.5, 0.6) is 11.5 Å². The molecule has 0 saturated heterocycles. The zero-order valence-electron chi connectivity index (χ0n) is 12.2. The minimum Gasteiger partial charge on any atom is -0.493 e. The van der Waals surface area contributed by atoms with Crippen LogP contribution in [0.4, 0.5) is 0 Å². The molecule has 4 heteroatoms. The van der Waals surface area contributed by atoms with E-state index in [1.165, 1.54) is 0 Å². The van der Waals surface area contributed by atoms with Crippen molar-refractivity contribution < 1.29 is 14.6 Å². The first-order chi connectivity index (χ1) is 9.65. The van der Waals surface area contributed by atoms with Crippen LogP contribution in [0.1, 0.15) is 11.7 Å². The number of aliphatic hydroxyl groups is 1. The lowest BCUT2D eigenvalue weighted by atomic mass is 10.1. The highest BCUT2D eigenvalue weighted by molar-refractivity contribution is 5.43. The van der Waals surface area contributed by atoms with Crippen molar-refractivity contribution in [3.8, 4) is 11.5 Å². The molecule has 0 aliphatic heterocycles. The summed E-state index contributed by atoms with van der Waals surface area (Å²) in [4.78, 5) is 2.06. The number of ether oxygens (including phenoxy) is 2. The van der Waals surface area contributed by atoms with Crippen molar-refractivity contribution in [1.82, 2.24) is 4.90 Å². The standard InChI is InChI=1S/C16H23NO3/c1-5-9-17(10-6-2)12-14(18)13-7-8-15(19-3)16(11-13)20-4/h5-8,11,14,18H,1-2,9-10,12H2,3-4H3. The Hall–Kier alpha value is -1.78. The van der Waals surface area contributed by atoms with Crippen LogP contribution >= 0.6 is 0 Å². The van der Waals surface area contributed by atoms with E-state index < -0.39 is 6.10 Å². The third-order valence-electron chi connectivity index (χ3n) is 3.00. The molecule has 0 aromatic heterocycles. The number of rotatable bonds is 9. The number of hydrogen-bond acceptors (Lipinski definition) is 4. The fourth-order valence-corrected chi connectivity index (χ4v) is 2.00. The lowest BCUT2D eigenvalue weighted by Crippen LogP contribution is -2.29. The molecule has 1 atom stereocenters. The van der Waals surface area contributed by atoms with E-state index in [1.807, 2.05) is 18.2 Å². The number of methoxy groups -OCH3 is 2. The predicted octanol–water partition coefficient (Wildman–Crippen LogP) is 2.41. The second-order valence-corrected chi connectivity index (χ2v) is 4.43. The lowest BCUT2D eigenvalue weighted by molar-refractivity contribution is 0.125. The summed E-state index contributed by atoms with van der Waals surface area (Å²) in [5.41, 5.74) is 0.792. The third kappa shape index (κ3) is 4.40. The largest absolute Gasteiger partial charge is 0.493 e. The van der Waals surface area contributed by atoms with E-state index in [4.69, 9.17) is 9.47 Å². The van der Waals surface area contributed by atoms with Crippen molar-refractivity contribution in [2.24, 2.45) is 0 Å². The summed E-state index contributed by atoms with van der Waals surface area (Å²) in [6.07, 6.45) is 3.02. The average molecular weight is 277 g/mol. The molecule has 1 aromatic carbocycles. The highest BCUT2D eigenvalue weighted by Crippen LogP contribution is 2.30. The summed E-state index contributed by atoms with van der Waals surface area (Å²) in [6.45, 7) is 9.35.